The fourth-order valence-corrected chi connectivity index (χ4v) is 0.714. The highest BCUT2D eigenvalue weighted by molar-refractivity contribution is 5.28. The lowest BCUT2D eigenvalue weighted by Crippen LogP contribution is -1.95. The molecule has 0 spiro atoms. The van der Waals surface area contributed by atoms with E-state index in [0.29, 0.717) is 12.5 Å². The molecule has 0 saturated heterocycles. The fraction of sp³-hybridized carbons (Fsp3) is 0.286. The van der Waals surface area contributed by atoms with Crippen LogP contribution in [0.4, 0.5) is 5.69 Å². The van der Waals surface area contributed by atoms with E-state index in [9.17, 15) is 10.1 Å². The van der Waals surface area contributed by atoms with Crippen molar-refractivity contribution in [3.05, 3.63) is 28.4 Å². The summed E-state index contributed by atoms with van der Waals surface area (Å²) < 4.78 is 5.01. The van der Waals surface area contributed by atoms with Gasteiger partial charge in [-0.2, -0.15) is 0 Å². The van der Waals surface area contributed by atoms with E-state index in [-0.39, 0.29) is 5.69 Å². The third-order valence-corrected chi connectivity index (χ3v) is 1.22. The monoisotopic (exact) mass is 168 g/mol. The maximum Gasteiger partial charge on any atom is 0.287 e. The summed E-state index contributed by atoms with van der Waals surface area (Å²) in [6.07, 6.45) is 1.17. The summed E-state index contributed by atoms with van der Waals surface area (Å²) in [7, 11) is 0. The van der Waals surface area contributed by atoms with Gasteiger partial charge in [-0.05, 0) is 6.92 Å². The van der Waals surface area contributed by atoms with E-state index in [1.165, 1.54) is 18.3 Å². The summed E-state index contributed by atoms with van der Waals surface area (Å²) in [5.41, 5.74) is -0.0292. The Kier molecular flexibility index (Phi) is 2.57. The van der Waals surface area contributed by atoms with Crippen LogP contribution in [0.3, 0.4) is 0 Å². The van der Waals surface area contributed by atoms with Crippen LogP contribution in [-0.4, -0.2) is 16.5 Å². The summed E-state index contributed by atoms with van der Waals surface area (Å²) in [5.74, 6) is 0.406. The van der Waals surface area contributed by atoms with Crippen LogP contribution in [-0.2, 0) is 0 Å². The highest BCUT2D eigenvalue weighted by atomic mass is 16.6. The average Bonchev–Trinajstić information content (AvgIpc) is 2.06. The minimum Gasteiger partial charge on any atom is -0.478 e. The Balaban J connectivity index is 2.78. The number of hydrogen-bond acceptors (Lipinski definition) is 4. The van der Waals surface area contributed by atoms with E-state index in [2.05, 4.69) is 4.98 Å². The lowest BCUT2D eigenvalue weighted by molar-refractivity contribution is -0.385. The first-order valence-electron chi connectivity index (χ1n) is 3.47. The van der Waals surface area contributed by atoms with Gasteiger partial charge in [0, 0.05) is 12.1 Å². The molecule has 1 rings (SSSR count). The van der Waals surface area contributed by atoms with Crippen molar-refractivity contribution in [2.24, 2.45) is 0 Å². The molecule has 12 heavy (non-hydrogen) atoms. The summed E-state index contributed by atoms with van der Waals surface area (Å²) >= 11 is 0. The van der Waals surface area contributed by atoms with Gasteiger partial charge in [-0.1, -0.05) is 0 Å². The Morgan fingerprint density at radius 2 is 2.42 bits per heavy atom. The van der Waals surface area contributed by atoms with Gasteiger partial charge < -0.3 is 4.74 Å². The second kappa shape index (κ2) is 3.66. The first-order chi connectivity index (χ1) is 5.74. The first-order valence-corrected chi connectivity index (χ1v) is 3.47. The van der Waals surface area contributed by atoms with Crippen LogP contribution in [0, 0.1) is 10.1 Å². The number of nitro groups is 1. The third-order valence-electron chi connectivity index (χ3n) is 1.22. The molecule has 0 N–H and O–H groups in total. The Morgan fingerprint density at radius 3 is 2.83 bits per heavy atom. The highest BCUT2D eigenvalue weighted by Crippen LogP contribution is 2.12. The maximum absolute atomic E-state index is 10.2. The third kappa shape index (κ3) is 1.91. The molecule has 1 aromatic rings. The highest BCUT2D eigenvalue weighted by Gasteiger charge is 2.04. The number of ether oxygens (including phenoxy) is 1. The molecule has 0 radical (unpaired) electrons. The Bertz CT molecular complexity index is 270. The van der Waals surface area contributed by atoms with E-state index in [0.717, 1.165) is 0 Å². The van der Waals surface area contributed by atoms with Crippen LogP contribution in [0.5, 0.6) is 5.88 Å². The number of nitrogens with zero attached hydrogens (tertiary/aromatic N) is 2. The van der Waals surface area contributed by atoms with Crippen molar-refractivity contribution >= 4 is 5.69 Å². The quantitative estimate of drug-likeness (QED) is 0.505. The zero-order chi connectivity index (χ0) is 8.97. The number of hydrogen-bond donors (Lipinski definition) is 0. The first kappa shape index (κ1) is 8.45. The van der Waals surface area contributed by atoms with E-state index in [1.54, 1.807) is 0 Å². The maximum atomic E-state index is 10.2. The van der Waals surface area contributed by atoms with Gasteiger partial charge in [-0.3, -0.25) is 10.1 Å². The molecular formula is C7H8N2O3. The van der Waals surface area contributed by atoms with Crippen LogP contribution in [0.15, 0.2) is 18.3 Å². The second-order valence-corrected chi connectivity index (χ2v) is 2.04. The molecule has 5 nitrogen and oxygen atoms in total. The van der Waals surface area contributed by atoms with Gasteiger partial charge in [-0.25, -0.2) is 4.98 Å². The van der Waals surface area contributed by atoms with Gasteiger partial charge in [0.25, 0.3) is 5.69 Å². The zero-order valence-electron chi connectivity index (χ0n) is 6.56. The van der Waals surface area contributed by atoms with Crippen molar-refractivity contribution < 1.29 is 9.66 Å². The molecular weight excluding hydrogens is 160 g/mol. The van der Waals surface area contributed by atoms with Crippen molar-refractivity contribution in [2.45, 2.75) is 6.92 Å². The molecule has 1 aromatic heterocycles. The van der Waals surface area contributed by atoms with Crippen LogP contribution in [0.2, 0.25) is 0 Å². The summed E-state index contributed by atoms with van der Waals surface area (Å²) in [5, 5.41) is 10.2. The lowest BCUT2D eigenvalue weighted by Gasteiger charge is -1.98. The smallest absolute Gasteiger partial charge is 0.287 e. The van der Waals surface area contributed by atoms with Crippen molar-refractivity contribution in [1.29, 1.82) is 0 Å². The van der Waals surface area contributed by atoms with Gasteiger partial charge in [0.1, 0.15) is 6.20 Å². The topological polar surface area (TPSA) is 65.3 Å². The molecule has 0 saturated carbocycles. The van der Waals surface area contributed by atoms with Crippen molar-refractivity contribution in [3.63, 3.8) is 0 Å². The van der Waals surface area contributed by atoms with Crippen molar-refractivity contribution in [2.75, 3.05) is 6.61 Å². The molecule has 0 atom stereocenters. The van der Waals surface area contributed by atoms with Crippen LogP contribution in [0.1, 0.15) is 6.92 Å². The molecule has 0 unspecified atom stereocenters. The summed E-state index contributed by atoms with van der Waals surface area (Å²) in [6.45, 7) is 2.33. The number of rotatable bonds is 3. The summed E-state index contributed by atoms with van der Waals surface area (Å²) in [6, 6.07) is 2.83. The fourth-order valence-electron chi connectivity index (χ4n) is 0.714. The molecule has 0 aromatic carbocycles. The Hall–Kier alpha value is -1.65. The minimum absolute atomic E-state index is 0.0292. The number of pyridine rings is 1. The average molecular weight is 168 g/mol. The molecule has 5 heteroatoms. The predicted molar refractivity (Wildman–Crippen MR) is 42.1 cm³/mol. The Labute approximate surface area is 69.1 Å². The van der Waals surface area contributed by atoms with Crippen molar-refractivity contribution in [1.82, 2.24) is 4.98 Å². The predicted octanol–water partition coefficient (Wildman–Crippen LogP) is 1.39. The molecule has 0 aliphatic heterocycles. The molecule has 1 heterocycles. The van der Waals surface area contributed by atoms with Gasteiger partial charge >= 0.3 is 0 Å². The van der Waals surface area contributed by atoms with Gasteiger partial charge in [0.15, 0.2) is 0 Å². The van der Waals surface area contributed by atoms with Crippen LogP contribution >= 0.6 is 0 Å². The SMILES string of the molecule is CCOc1ccc([N+](=O)[O-])cn1. The Morgan fingerprint density at radius 1 is 1.67 bits per heavy atom. The van der Waals surface area contributed by atoms with Gasteiger partial charge in [-0.15, -0.1) is 0 Å². The largest absolute Gasteiger partial charge is 0.478 e. The van der Waals surface area contributed by atoms with E-state index in [4.69, 9.17) is 4.74 Å². The molecule has 0 aliphatic rings. The van der Waals surface area contributed by atoms with Crippen molar-refractivity contribution in [3.8, 4) is 5.88 Å². The standard InChI is InChI=1S/C7H8N2O3/c1-2-12-7-4-3-6(5-8-7)9(10)11/h3-5H,2H2,1H3. The van der Waals surface area contributed by atoms with Gasteiger partial charge in [0.05, 0.1) is 11.5 Å². The minimum atomic E-state index is -0.497. The zero-order valence-corrected chi connectivity index (χ0v) is 6.56. The van der Waals surface area contributed by atoms with E-state index in [1.807, 2.05) is 6.92 Å². The van der Waals surface area contributed by atoms with Crippen LogP contribution < -0.4 is 4.74 Å². The second-order valence-electron chi connectivity index (χ2n) is 2.04. The lowest BCUT2D eigenvalue weighted by atomic mass is 10.4. The summed E-state index contributed by atoms with van der Waals surface area (Å²) in [4.78, 5) is 13.4. The molecule has 64 valence electrons. The van der Waals surface area contributed by atoms with E-state index >= 15 is 0 Å². The van der Waals surface area contributed by atoms with Crippen LogP contribution in [0.25, 0.3) is 0 Å². The normalized spacial score (nSPS) is 9.42. The molecule has 0 amide bonds. The van der Waals surface area contributed by atoms with Gasteiger partial charge in [0.2, 0.25) is 5.88 Å². The molecule has 0 fully saturated rings. The molecule has 0 aliphatic carbocycles. The number of aromatic nitrogens is 1. The molecule has 0 bridgehead atoms. The van der Waals surface area contributed by atoms with E-state index < -0.39 is 4.92 Å².